The van der Waals surface area contributed by atoms with Crippen molar-refractivity contribution in [1.82, 2.24) is 9.80 Å². The van der Waals surface area contributed by atoms with Crippen LogP contribution in [0.3, 0.4) is 0 Å². The van der Waals surface area contributed by atoms with Crippen LogP contribution in [0.1, 0.15) is 23.3 Å². The lowest BCUT2D eigenvalue weighted by Gasteiger charge is -2.27. The predicted octanol–water partition coefficient (Wildman–Crippen LogP) is 3.40. The van der Waals surface area contributed by atoms with Crippen LogP contribution >= 0.6 is 11.3 Å². The van der Waals surface area contributed by atoms with Crippen molar-refractivity contribution in [3.05, 3.63) is 52.2 Å². The first kappa shape index (κ1) is 19.9. The van der Waals surface area contributed by atoms with E-state index in [1.165, 1.54) is 4.88 Å². The maximum Gasteiger partial charge on any atom is 0.236 e. The number of rotatable bonds is 9. The Morgan fingerprint density at radius 1 is 1.26 bits per heavy atom. The highest BCUT2D eigenvalue weighted by molar-refractivity contribution is 7.09. The standard InChI is InChI=1S/C21H28N2O3S/c1-22(15-19-9-6-12-27-19)21(24)16-23(14-18-8-5-11-26-18)13-17-7-3-4-10-20(17)25-2/h3-4,6-7,9-10,12,18H,5,8,11,13-16H2,1-2H3. The average molecular weight is 389 g/mol. The Bertz CT molecular complexity index is 714. The summed E-state index contributed by atoms with van der Waals surface area (Å²) in [5.41, 5.74) is 1.09. The second kappa shape index (κ2) is 9.88. The summed E-state index contributed by atoms with van der Waals surface area (Å²) in [5.74, 6) is 0.977. The SMILES string of the molecule is COc1ccccc1CN(CC(=O)N(C)Cc1cccs1)CC1CCCO1. The number of benzene rings is 1. The Morgan fingerprint density at radius 2 is 2.11 bits per heavy atom. The molecule has 1 aliphatic heterocycles. The summed E-state index contributed by atoms with van der Waals surface area (Å²) in [7, 11) is 3.55. The number of likely N-dealkylation sites (N-methyl/N-ethyl adjacent to an activating group) is 1. The molecule has 1 aromatic heterocycles. The van der Waals surface area contributed by atoms with Crippen molar-refractivity contribution in [3.8, 4) is 5.75 Å². The zero-order valence-electron chi connectivity index (χ0n) is 16.1. The molecule has 0 saturated carbocycles. The first-order valence-electron chi connectivity index (χ1n) is 9.38. The van der Waals surface area contributed by atoms with Gasteiger partial charge in [-0.15, -0.1) is 11.3 Å². The molecule has 27 heavy (non-hydrogen) atoms. The van der Waals surface area contributed by atoms with Crippen molar-refractivity contribution in [2.75, 3.05) is 33.9 Å². The van der Waals surface area contributed by atoms with E-state index in [9.17, 15) is 4.79 Å². The van der Waals surface area contributed by atoms with Gasteiger partial charge < -0.3 is 14.4 Å². The number of thiophene rings is 1. The number of methoxy groups -OCH3 is 1. The summed E-state index contributed by atoms with van der Waals surface area (Å²) in [6.45, 7) is 3.27. The van der Waals surface area contributed by atoms with Gasteiger partial charge in [-0.1, -0.05) is 24.3 Å². The summed E-state index contributed by atoms with van der Waals surface area (Å²) < 4.78 is 11.3. The van der Waals surface area contributed by atoms with Gasteiger partial charge in [0.05, 0.1) is 26.3 Å². The van der Waals surface area contributed by atoms with Crippen LogP contribution < -0.4 is 4.74 Å². The van der Waals surface area contributed by atoms with Crippen LogP contribution in [0.5, 0.6) is 5.75 Å². The Hall–Kier alpha value is -1.89. The Balaban J connectivity index is 1.66. The number of hydrogen-bond acceptors (Lipinski definition) is 5. The maximum absolute atomic E-state index is 12.8. The molecular formula is C21H28N2O3S. The largest absolute Gasteiger partial charge is 0.496 e. The van der Waals surface area contributed by atoms with Gasteiger partial charge in [-0.25, -0.2) is 0 Å². The van der Waals surface area contributed by atoms with Crippen LogP contribution in [0.2, 0.25) is 0 Å². The van der Waals surface area contributed by atoms with E-state index < -0.39 is 0 Å². The minimum Gasteiger partial charge on any atom is -0.496 e. The number of nitrogens with zero attached hydrogens (tertiary/aromatic N) is 2. The van der Waals surface area contributed by atoms with E-state index in [2.05, 4.69) is 17.0 Å². The zero-order chi connectivity index (χ0) is 19.1. The molecule has 2 aromatic rings. The van der Waals surface area contributed by atoms with Crippen molar-refractivity contribution in [2.45, 2.75) is 32.0 Å². The summed E-state index contributed by atoms with van der Waals surface area (Å²) in [6.07, 6.45) is 2.36. The predicted molar refractivity (Wildman–Crippen MR) is 108 cm³/mol. The van der Waals surface area contributed by atoms with Gasteiger partial charge in [0.2, 0.25) is 5.91 Å². The van der Waals surface area contributed by atoms with Crippen molar-refractivity contribution in [1.29, 1.82) is 0 Å². The van der Waals surface area contributed by atoms with Crippen molar-refractivity contribution in [3.63, 3.8) is 0 Å². The minimum atomic E-state index is 0.122. The third-order valence-corrected chi connectivity index (χ3v) is 5.69. The van der Waals surface area contributed by atoms with E-state index in [1.807, 2.05) is 36.7 Å². The summed E-state index contributed by atoms with van der Waals surface area (Å²) in [6, 6.07) is 12.1. The molecule has 6 heteroatoms. The van der Waals surface area contributed by atoms with Gasteiger partial charge in [0.25, 0.3) is 0 Å². The van der Waals surface area contributed by atoms with Crippen LogP contribution in [0.15, 0.2) is 41.8 Å². The van der Waals surface area contributed by atoms with Gasteiger partial charge >= 0.3 is 0 Å². The Morgan fingerprint density at radius 3 is 2.81 bits per heavy atom. The molecule has 1 saturated heterocycles. The van der Waals surface area contributed by atoms with Gasteiger partial charge in [-0.3, -0.25) is 9.69 Å². The van der Waals surface area contributed by atoms with Gasteiger partial charge in [0.1, 0.15) is 5.75 Å². The van der Waals surface area contributed by atoms with E-state index in [4.69, 9.17) is 9.47 Å². The average Bonchev–Trinajstić information content (AvgIpc) is 3.36. The molecule has 2 heterocycles. The number of carbonyl (C=O) groups is 1. The van der Waals surface area contributed by atoms with E-state index >= 15 is 0 Å². The van der Waals surface area contributed by atoms with Gasteiger partial charge in [-0.05, 0) is 30.4 Å². The molecule has 1 fully saturated rings. The molecule has 1 aliphatic rings. The molecule has 0 aliphatic carbocycles. The number of para-hydroxylation sites is 1. The molecular weight excluding hydrogens is 360 g/mol. The zero-order valence-corrected chi connectivity index (χ0v) is 16.9. The van der Waals surface area contributed by atoms with E-state index in [1.54, 1.807) is 23.3 Å². The third kappa shape index (κ3) is 5.79. The van der Waals surface area contributed by atoms with Gasteiger partial charge in [-0.2, -0.15) is 0 Å². The van der Waals surface area contributed by atoms with E-state index in [0.29, 0.717) is 19.6 Å². The second-order valence-corrected chi connectivity index (χ2v) is 7.98. The summed E-state index contributed by atoms with van der Waals surface area (Å²) in [5, 5.41) is 2.04. The minimum absolute atomic E-state index is 0.122. The molecule has 0 radical (unpaired) electrons. The lowest BCUT2D eigenvalue weighted by Crippen LogP contribution is -2.41. The van der Waals surface area contributed by atoms with Crippen molar-refractivity contribution in [2.24, 2.45) is 0 Å². The highest BCUT2D eigenvalue weighted by Crippen LogP contribution is 2.21. The fourth-order valence-corrected chi connectivity index (χ4v) is 4.13. The second-order valence-electron chi connectivity index (χ2n) is 6.95. The van der Waals surface area contributed by atoms with Crippen LogP contribution in [0, 0.1) is 0 Å². The topological polar surface area (TPSA) is 42.0 Å². The molecule has 3 rings (SSSR count). The molecule has 146 valence electrons. The molecule has 0 N–H and O–H groups in total. The van der Waals surface area contributed by atoms with Gasteiger partial charge in [0, 0.05) is 37.2 Å². The molecule has 1 amide bonds. The number of ether oxygens (including phenoxy) is 2. The highest BCUT2D eigenvalue weighted by Gasteiger charge is 2.23. The van der Waals surface area contributed by atoms with Crippen LogP contribution in [0.4, 0.5) is 0 Å². The molecule has 1 aromatic carbocycles. The normalized spacial score (nSPS) is 16.6. The molecule has 1 atom stereocenters. The third-order valence-electron chi connectivity index (χ3n) is 4.83. The van der Waals surface area contributed by atoms with Crippen LogP contribution in [-0.4, -0.2) is 55.7 Å². The lowest BCUT2D eigenvalue weighted by molar-refractivity contribution is -0.132. The molecule has 5 nitrogen and oxygen atoms in total. The van der Waals surface area contributed by atoms with E-state index in [0.717, 1.165) is 37.3 Å². The maximum atomic E-state index is 12.8. The fourth-order valence-electron chi connectivity index (χ4n) is 3.37. The summed E-state index contributed by atoms with van der Waals surface area (Å²) in [4.78, 5) is 18.0. The molecule has 1 unspecified atom stereocenters. The Labute approximate surface area is 165 Å². The van der Waals surface area contributed by atoms with Gasteiger partial charge in [0.15, 0.2) is 0 Å². The molecule has 0 spiro atoms. The quantitative estimate of drug-likeness (QED) is 0.660. The van der Waals surface area contributed by atoms with E-state index in [-0.39, 0.29) is 12.0 Å². The van der Waals surface area contributed by atoms with Crippen molar-refractivity contribution >= 4 is 17.2 Å². The van der Waals surface area contributed by atoms with Crippen molar-refractivity contribution < 1.29 is 14.3 Å². The first-order valence-corrected chi connectivity index (χ1v) is 10.3. The number of carbonyl (C=O) groups excluding carboxylic acids is 1. The monoisotopic (exact) mass is 388 g/mol. The molecule has 0 bridgehead atoms. The fraction of sp³-hybridized carbons (Fsp3) is 0.476. The van der Waals surface area contributed by atoms with Crippen LogP contribution in [-0.2, 0) is 22.6 Å². The number of amides is 1. The Kier molecular flexibility index (Phi) is 7.26. The van der Waals surface area contributed by atoms with Crippen LogP contribution in [0.25, 0.3) is 0 Å². The first-order chi connectivity index (χ1) is 13.2. The smallest absolute Gasteiger partial charge is 0.236 e. The summed E-state index contributed by atoms with van der Waals surface area (Å²) >= 11 is 1.68. The number of hydrogen-bond donors (Lipinski definition) is 0. The lowest BCUT2D eigenvalue weighted by atomic mass is 10.1. The highest BCUT2D eigenvalue weighted by atomic mass is 32.1.